The molecule has 19 heavy (non-hydrogen) atoms. The number of thiazole rings is 1. The fraction of sp³-hybridized carbons (Fsp3) is 0.0714. The summed E-state index contributed by atoms with van der Waals surface area (Å²) >= 11 is 1.37. The van der Waals surface area contributed by atoms with Gasteiger partial charge >= 0.3 is 0 Å². The van der Waals surface area contributed by atoms with Gasteiger partial charge in [0.2, 0.25) is 0 Å². The topological polar surface area (TPSA) is 68.4 Å². The number of hydrogen-bond acceptors (Lipinski definition) is 5. The van der Waals surface area contributed by atoms with Crippen molar-refractivity contribution in [2.75, 3.05) is 5.73 Å². The number of fused-ring (bicyclic) bond motifs is 1. The van der Waals surface area contributed by atoms with E-state index >= 15 is 0 Å². The van der Waals surface area contributed by atoms with E-state index in [1.807, 2.05) is 30.3 Å². The lowest BCUT2D eigenvalue weighted by atomic mass is 10.2. The van der Waals surface area contributed by atoms with E-state index in [4.69, 9.17) is 10.5 Å². The second kappa shape index (κ2) is 4.78. The Morgan fingerprint density at radius 3 is 2.79 bits per heavy atom. The van der Waals surface area contributed by atoms with Crippen LogP contribution in [0.25, 0.3) is 10.2 Å². The van der Waals surface area contributed by atoms with Gasteiger partial charge in [0.1, 0.15) is 6.61 Å². The molecule has 4 nitrogen and oxygen atoms in total. The van der Waals surface area contributed by atoms with Gasteiger partial charge in [0.05, 0.1) is 10.2 Å². The molecule has 0 aliphatic heterocycles. The maximum atomic E-state index is 9.89. The molecule has 0 aliphatic rings. The van der Waals surface area contributed by atoms with Crippen LogP contribution in [-0.4, -0.2) is 10.1 Å². The first-order valence-corrected chi connectivity index (χ1v) is 6.60. The number of nitrogen functional groups attached to an aromatic ring is 1. The average Bonchev–Trinajstić information content (AvgIpc) is 2.76. The number of rotatable bonds is 3. The van der Waals surface area contributed by atoms with Gasteiger partial charge in [-0.05, 0) is 5.56 Å². The molecule has 0 unspecified atom stereocenters. The van der Waals surface area contributed by atoms with E-state index in [1.54, 1.807) is 12.1 Å². The third-order valence-corrected chi connectivity index (χ3v) is 3.57. The minimum absolute atomic E-state index is 0.0775. The molecule has 1 heterocycles. The van der Waals surface area contributed by atoms with Crippen LogP contribution < -0.4 is 10.5 Å². The highest BCUT2D eigenvalue weighted by Gasteiger charge is 2.09. The quantitative estimate of drug-likeness (QED) is 0.768. The molecule has 3 N–H and O–H groups in total. The van der Waals surface area contributed by atoms with Crippen molar-refractivity contribution in [3.63, 3.8) is 0 Å². The summed E-state index contributed by atoms with van der Waals surface area (Å²) in [5, 5.41) is 10.4. The van der Waals surface area contributed by atoms with Crippen LogP contribution in [0.2, 0.25) is 0 Å². The molecule has 0 amide bonds. The molecule has 0 aliphatic carbocycles. The van der Waals surface area contributed by atoms with Crippen molar-refractivity contribution in [2.45, 2.75) is 6.61 Å². The van der Waals surface area contributed by atoms with Crippen molar-refractivity contribution in [1.29, 1.82) is 0 Å². The van der Waals surface area contributed by atoms with Crippen molar-refractivity contribution in [3.05, 3.63) is 48.0 Å². The molecule has 2 aromatic carbocycles. The minimum Gasteiger partial charge on any atom is -0.504 e. The fourth-order valence-corrected chi connectivity index (χ4v) is 2.56. The number of anilines is 1. The second-order valence-corrected chi connectivity index (χ2v) is 5.18. The molecule has 5 heteroatoms. The van der Waals surface area contributed by atoms with E-state index in [2.05, 4.69) is 4.98 Å². The van der Waals surface area contributed by atoms with Crippen molar-refractivity contribution < 1.29 is 9.84 Å². The maximum Gasteiger partial charge on any atom is 0.181 e. The Morgan fingerprint density at radius 2 is 2.00 bits per heavy atom. The van der Waals surface area contributed by atoms with Crippen LogP contribution in [0.4, 0.5) is 5.13 Å². The average molecular weight is 272 g/mol. The number of nitrogens with two attached hydrogens (primary N) is 1. The van der Waals surface area contributed by atoms with E-state index < -0.39 is 0 Å². The zero-order chi connectivity index (χ0) is 13.2. The van der Waals surface area contributed by atoms with Gasteiger partial charge in [-0.25, -0.2) is 4.98 Å². The van der Waals surface area contributed by atoms with Gasteiger partial charge in [-0.3, -0.25) is 0 Å². The number of phenols is 1. The fourth-order valence-electron chi connectivity index (χ4n) is 1.81. The summed E-state index contributed by atoms with van der Waals surface area (Å²) in [6.45, 7) is 0.411. The van der Waals surface area contributed by atoms with Gasteiger partial charge < -0.3 is 15.6 Å². The molecule has 0 saturated carbocycles. The summed E-state index contributed by atoms with van der Waals surface area (Å²) in [4.78, 5) is 4.11. The Hall–Kier alpha value is -2.27. The lowest BCUT2D eigenvalue weighted by molar-refractivity contribution is 0.289. The third-order valence-electron chi connectivity index (χ3n) is 2.72. The zero-order valence-electron chi connectivity index (χ0n) is 10.0. The molecular formula is C14H12N2O2S. The van der Waals surface area contributed by atoms with Crippen LogP contribution in [0.3, 0.4) is 0 Å². The summed E-state index contributed by atoms with van der Waals surface area (Å²) in [6.07, 6.45) is 0. The second-order valence-electron chi connectivity index (χ2n) is 4.11. The van der Waals surface area contributed by atoms with Crippen LogP contribution in [0, 0.1) is 0 Å². The van der Waals surface area contributed by atoms with E-state index in [-0.39, 0.29) is 5.75 Å². The highest BCUT2D eigenvalue weighted by atomic mass is 32.1. The van der Waals surface area contributed by atoms with Gasteiger partial charge in [-0.15, -0.1) is 0 Å². The molecule has 3 aromatic rings. The van der Waals surface area contributed by atoms with Gasteiger partial charge in [0.25, 0.3) is 0 Å². The van der Waals surface area contributed by atoms with Gasteiger partial charge in [-0.2, -0.15) is 0 Å². The first-order chi connectivity index (χ1) is 9.22. The van der Waals surface area contributed by atoms with Crippen molar-refractivity contribution in [2.24, 2.45) is 0 Å². The molecule has 3 rings (SSSR count). The van der Waals surface area contributed by atoms with E-state index in [1.165, 1.54) is 11.3 Å². The number of hydrogen-bond donors (Lipinski definition) is 2. The smallest absolute Gasteiger partial charge is 0.181 e. The number of aromatic nitrogens is 1. The molecule has 0 radical (unpaired) electrons. The van der Waals surface area contributed by atoms with E-state index in [9.17, 15) is 5.11 Å². The molecular weight excluding hydrogens is 260 g/mol. The number of benzene rings is 2. The summed E-state index contributed by atoms with van der Waals surface area (Å²) in [6, 6.07) is 13.1. The third kappa shape index (κ3) is 2.46. The number of nitrogens with zero attached hydrogens (tertiary/aromatic N) is 1. The van der Waals surface area contributed by atoms with Gasteiger partial charge in [-0.1, -0.05) is 41.7 Å². The lowest BCUT2D eigenvalue weighted by Gasteiger charge is -2.07. The predicted molar refractivity (Wildman–Crippen MR) is 76.5 cm³/mol. The van der Waals surface area contributed by atoms with Crippen LogP contribution >= 0.6 is 11.3 Å². The molecule has 0 atom stereocenters. The summed E-state index contributed by atoms with van der Waals surface area (Å²) < 4.78 is 6.53. The first-order valence-electron chi connectivity index (χ1n) is 5.78. The SMILES string of the molecule is Nc1nc2cc(O)c(OCc3ccccc3)cc2s1. The monoisotopic (exact) mass is 272 g/mol. The summed E-state index contributed by atoms with van der Waals surface area (Å²) in [5.74, 6) is 0.522. The first kappa shape index (κ1) is 11.8. The highest BCUT2D eigenvalue weighted by molar-refractivity contribution is 7.22. The molecule has 0 spiro atoms. The predicted octanol–water partition coefficient (Wildman–Crippen LogP) is 3.16. The maximum absolute atomic E-state index is 9.89. The molecule has 0 saturated heterocycles. The molecule has 0 fully saturated rings. The van der Waals surface area contributed by atoms with Gasteiger partial charge in [0, 0.05) is 12.1 Å². The number of phenolic OH excluding ortho intramolecular Hbond substituents is 1. The zero-order valence-corrected chi connectivity index (χ0v) is 10.9. The molecule has 96 valence electrons. The number of aromatic hydroxyl groups is 1. The van der Waals surface area contributed by atoms with Crippen molar-refractivity contribution in [1.82, 2.24) is 4.98 Å². The Labute approximate surface area is 114 Å². The van der Waals surface area contributed by atoms with Crippen molar-refractivity contribution >= 4 is 26.7 Å². The Morgan fingerprint density at radius 1 is 1.21 bits per heavy atom. The number of ether oxygens (including phenoxy) is 1. The summed E-state index contributed by atoms with van der Waals surface area (Å²) in [7, 11) is 0. The minimum atomic E-state index is 0.0775. The molecule has 1 aromatic heterocycles. The molecule has 0 bridgehead atoms. The Bertz CT molecular complexity index is 710. The van der Waals surface area contributed by atoms with Crippen LogP contribution in [-0.2, 0) is 6.61 Å². The lowest BCUT2D eigenvalue weighted by Crippen LogP contribution is -1.95. The largest absolute Gasteiger partial charge is 0.504 e. The Balaban J connectivity index is 1.86. The summed E-state index contributed by atoms with van der Waals surface area (Å²) in [5.41, 5.74) is 7.37. The van der Waals surface area contributed by atoms with E-state index in [0.717, 1.165) is 10.3 Å². The highest BCUT2D eigenvalue weighted by Crippen LogP contribution is 2.35. The van der Waals surface area contributed by atoms with Crippen molar-refractivity contribution in [3.8, 4) is 11.5 Å². The Kier molecular flexibility index (Phi) is 2.97. The van der Waals surface area contributed by atoms with E-state index in [0.29, 0.717) is 23.0 Å². The van der Waals surface area contributed by atoms with Gasteiger partial charge in [0.15, 0.2) is 16.6 Å². The van der Waals surface area contributed by atoms with Crippen LogP contribution in [0.5, 0.6) is 11.5 Å². The standard InChI is InChI=1S/C14H12N2O2S/c15-14-16-10-6-11(17)12(7-13(10)19-14)18-8-9-4-2-1-3-5-9/h1-7,17H,8H2,(H2,15,16). The normalized spacial score (nSPS) is 10.7. The van der Waals surface area contributed by atoms with Crippen LogP contribution in [0.1, 0.15) is 5.56 Å². The van der Waals surface area contributed by atoms with Crippen LogP contribution in [0.15, 0.2) is 42.5 Å².